The number of benzene rings is 1. The Labute approximate surface area is 140 Å². The molecule has 0 saturated heterocycles. The maximum atomic E-state index is 10.7. The molecule has 1 amide bonds. The molecule has 9 heteroatoms. The highest BCUT2D eigenvalue weighted by molar-refractivity contribution is 7.85. The predicted molar refractivity (Wildman–Crippen MR) is 92.3 cm³/mol. The molecule has 4 N–H and O–H groups in total. The Morgan fingerprint density at radius 1 is 1.21 bits per heavy atom. The molecule has 24 heavy (non-hydrogen) atoms. The van der Waals surface area contributed by atoms with Crippen molar-refractivity contribution in [2.24, 2.45) is 5.73 Å². The molecule has 0 bridgehead atoms. The van der Waals surface area contributed by atoms with E-state index in [9.17, 15) is 18.0 Å². The SMILES string of the molecule is CN.CNC(=O)CCCS(=O)(=O)O.O=c1ccc2ccccc2o1. The Balaban J connectivity index is 0.000000400. The van der Waals surface area contributed by atoms with E-state index in [4.69, 9.17) is 8.97 Å². The van der Waals surface area contributed by atoms with E-state index in [0.717, 1.165) is 5.39 Å². The zero-order chi connectivity index (χ0) is 18.6. The van der Waals surface area contributed by atoms with Gasteiger partial charge in [-0.05, 0) is 25.6 Å². The van der Waals surface area contributed by atoms with Gasteiger partial charge >= 0.3 is 5.63 Å². The van der Waals surface area contributed by atoms with Crippen molar-refractivity contribution >= 4 is 27.0 Å². The van der Waals surface area contributed by atoms with E-state index in [-0.39, 0.29) is 30.1 Å². The van der Waals surface area contributed by atoms with Gasteiger partial charge in [-0.25, -0.2) is 4.79 Å². The highest BCUT2D eigenvalue weighted by atomic mass is 32.2. The third-order valence-corrected chi connectivity index (χ3v) is 3.42. The van der Waals surface area contributed by atoms with Crippen LogP contribution in [0.5, 0.6) is 0 Å². The van der Waals surface area contributed by atoms with Gasteiger partial charge < -0.3 is 15.5 Å². The molecule has 134 valence electrons. The zero-order valence-corrected chi connectivity index (χ0v) is 14.4. The number of fused-ring (bicyclic) bond motifs is 1. The first-order valence-electron chi connectivity index (χ1n) is 7.04. The van der Waals surface area contributed by atoms with Crippen LogP contribution >= 0.6 is 0 Å². The quantitative estimate of drug-likeness (QED) is 0.541. The van der Waals surface area contributed by atoms with E-state index < -0.39 is 10.1 Å². The molecule has 0 radical (unpaired) electrons. The minimum absolute atomic E-state index is 0.121. The first kappa shape index (κ1) is 21.8. The third kappa shape index (κ3) is 9.72. The summed E-state index contributed by atoms with van der Waals surface area (Å²) in [5.74, 6) is -0.589. The molecule has 0 atom stereocenters. The van der Waals surface area contributed by atoms with Crippen LogP contribution in [-0.2, 0) is 14.9 Å². The highest BCUT2D eigenvalue weighted by Gasteiger charge is 2.05. The number of amides is 1. The summed E-state index contributed by atoms with van der Waals surface area (Å²) in [5.41, 5.74) is 4.84. The fourth-order valence-corrected chi connectivity index (χ4v) is 2.06. The minimum atomic E-state index is -3.91. The maximum absolute atomic E-state index is 10.7. The molecule has 1 heterocycles. The van der Waals surface area contributed by atoms with Crippen LogP contribution in [0.1, 0.15) is 12.8 Å². The Kier molecular flexibility index (Phi) is 10.3. The number of rotatable bonds is 4. The van der Waals surface area contributed by atoms with Gasteiger partial charge in [0.15, 0.2) is 0 Å². The van der Waals surface area contributed by atoms with E-state index in [1.807, 2.05) is 18.2 Å². The molecule has 1 aromatic heterocycles. The molecule has 1 aromatic carbocycles. The van der Waals surface area contributed by atoms with Crippen LogP contribution < -0.4 is 16.7 Å². The summed E-state index contributed by atoms with van der Waals surface area (Å²) in [4.78, 5) is 21.2. The van der Waals surface area contributed by atoms with Crippen molar-refractivity contribution < 1.29 is 22.2 Å². The molecule has 0 spiro atoms. The molecule has 8 nitrogen and oxygen atoms in total. The van der Waals surface area contributed by atoms with Crippen molar-refractivity contribution in [3.05, 3.63) is 46.8 Å². The van der Waals surface area contributed by atoms with Crippen LogP contribution in [0.4, 0.5) is 0 Å². The molecular weight excluding hydrogens is 336 g/mol. The van der Waals surface area contributed by atoms with Crippen molar-refractivity contribution in [1.29, 1.82) is 0 Å². The molecule has 0 aliphatic heterocycles. The second-order valence-electron chi connectivity index (χ2n) is 4.36. The normalized spacial score (nSPS) is 10.0. The van der Waals surface area contributed by atoms with Gasteiger partial charge in [0.05, 0.1) is 5.75 Å². The maximum Gasteiger partial charge on any atom is 0.336 e. The summed E-state index contributed by atoms with van der Waals surface area (Å²) >= 11 is 0. The first-order valence-corrected chi connectivity index (χ1v) is 8.65. The van der Waals surface area contributed by atoms with E-state index in [2.05, 4.69) is 11.1 Å². The highest BCUT2D eigenvalue weighted by Crippen LogP contribution is 2.08. The summed E-state index contributed by atoms with van der Waals surface area (Å²) in [6.07, 6.45) is 0.273. The van der Waals surface area contributed by atoms with Crippen LogP contribution in [0.2, 0.25) is 0 Å². The minimum Gasteiger partial charge on any atom is -0.423 e. The lowest BCUT2D eigenvalue weighted by Gasteiger charge is -1.96. The standard InChI is InChI=1S/C9H6O2.C5H11NO4S.CH5N/c10-9-6-5-7-3-1-2-4-8(7)11-9;1-6-5(7)3-2-4-11(8,9)10;1-2/h1-6H;2-4H2,1H3,(H,6,7)(H,8,9,10);2H2,1H3. The molecule has 2 aromatic rings. The second kappa shape index (κ2) is 11.3. The van der Waals surface area contributed by atoms with Gasteiger partial charge in [0.1, 0.15) is 5.58 Å². The number of hydrogen-bond donors (Lipinski definition) is 3. The fourth-order valence-electron chi connectivity index (χ4n) is 1.55. The number of nitrogens with two attached hydrogens (primary N) is 1. The Morgan fingerprint density at radius 3 is 2.42 bits per heavy atom. The largest absolute Gasteiger partial charge is 0.423 e. The molecule has 0 saturated carbocycles. The van der Waals surface area contributed by atoms with Crippen LogP contribution in [0.3, 0.4) is 0 Å². The Bertz CT molecular complexity index is 786. The molecule has 2 rings (SSSR count). The summed E-state index contributed by atoms with van der Waals surface area (Å²) in [6, 6.07) is 10.6. The van der Waals surface area contributed by atoms with Gasteiger partial charge in [-0.2, -0.15) is 8.42 Å². The lowest BCUT2D eigenvalue weighted by atomic mass is 10.2. The second-order valence-corrected chi connectivity index (χ2v) is 5.93. The van der Waals surface area contributed by atoms with Crippen LogP contribution in [-0.4, -0.2) is 38.7 Å². The Morgan fingerprint density at radius 2 is 1.83 bits per heavy atom. The van der Waals surface area contributed by atoms with Gasteiger partial charge in [0, 0.05) is 24.9 Å². The first-order chi connectivity index (χ1) is 11.3. The van der Waals surface area contributed by atoms with Crippen molar-refractivity contribution in [3.8, 4) is 0 Å². The van der Waals surface area contributed by atoms with Gasteiger partial charge in [-0.15, -0.1) is 0 Å². The van der Waals surface area contributed by atoms with Crippen molar-refractivity contribution in [2.45, 2.75) is 12.8 Å². The zero-order valence-electron chi connectivity index (χ0n) is 13.6. The third-order valence-electron chi connectivity index (χ3n) is 2.61. The molecule has 0 fully saturated rings. The number of hydrogen-bond acceptors (Lipinski definition) is 6. The molecule has 0 unspecified atom stereocenters. The average molecular weight is 358 g/mol. The molecule has 0 aliphatic carbocycles. The predicted octanol–water partition coefficient (Wildman–Crippen LogP) is 0.768. The fraction of sp³-hybridized carbons (Fsp3) is 0.333. The smallest absolute Gasteiger partial charge is 0.336 e. The monoisotopic (exact) mass is 358 g/mol. The average Bonchev–Trinajstić information content (AvgIpc) is 2.56. The van der Waals surface area contributed by atoms with E-state index in [1.54, 1.807) is 12.1 Å². The van der Waals surface area contributed by atoms with Crippen molar-refractivity contribution in [1.82, 2.24) is 5.32 Å². The lowest BCUT2D eigenvalue weighted by molar-refractivity contribution is -0.120. The van der Waals surface area contributed by atoms with Crippen LogP contribution in [0, 0.1) is 0 Å². The molecule has 0 aliphatic rings. The summed E-state index contributed by atoms with van der Waals surface area (Å²) in [6.45, 7) is 0. The number of carbonyl (C=O) groups is 1. The number of carbonyl (C=O) groups excluding carboxylic acids is 1. The van der Waals surface area contributed by atoms with Crippen LogP contribution in [0.25, 0.3) is 11.0 Å². The van der Waals surface area contributed by atoms with E-state index >= 15 is 0 Å². The number of para-hydroxylation sites is 1. The van der Waals surface area contributed by atoms with Gasteiger partial charge in [0.25, 0.3) is 10.1 Å². The van der Waals surface area contributed by atoms with Gasteiger partial charge in [-0.1, -0.05) is 18.2 Å². The van der Waals surface area contributed by atoms with Crippen molar-refractivity contribution in [3.63, 3.8) is 0 Å². The van der Waals surface area contributed by atoms with Crippen LogP contribution in [0.15, 0.2) is 45.6 Å². The topological polar surface area (TPSA) is 140 Å². The summed E-state index contributed by atoms with van der Waals surface area (Å²) in [7, 11) is -0.940. The van der Waals surface area contributed by atoms with Gasteiger partial charge in [0.2, 0.25) is 5.91 Å². The lowest BCUT2D eigenvalue weighted by Crippen LogP contribution is -2.18. The summed E-state index contributed by atoms with van der Waals surface area (Å²) in [5, 5.41) is 3.29. The van der Waals surface area contributed by atoms with Gasteiger partial charge in [-0.3, -0.25) is 9.35 Å². The number of nitrogens with one attached hydrogen (secondary N) is 1. The Hall–Kier alpha value is -2.23. The van der Waals surface area contributed by atoms with E-state index in [0.29, 0.717) is 5.58 Å². The molecular formula is C15H22N2O6S. The summed E-state index contributed by atoms with van der Waals surface area (Å²) < 4.78 is 33.4. The van der Waals surface area contributed by atoms with Crippen molar-refractivity contribution in [2.75, 3.05) is 19.8 Å². The van der Waals surface area contributed by atoms with E-state index in [1.165, 1.54) is 20.2 Å².